The van der Waals surface area contributed by atoms with Crippen molar-refractivity contribution in [1.82, 2.24) is 9.97 Å². The molecule has 1 aromatic carbocycles. The van der Waals surface area contributed by atoms with Gasteiger partial charge < -0.3 is 9.40 Å². The molecule has 0 aliphatic heterocycles. The zero-order valence-corrected chi connectivity index (χ0v) is 10.7. The number of aromatic nitrogens is 2. The van der Waals surface area contributed by atoms with Gasteiger partial charge in [-0.05, 0) is 19.1 Å². The summed E-state index contributed by atoms with van der Waals surface area (Å²) in [6, 6.07) is 12.1. The molecule has 1 N–H and O–H groups in total. The molecular formula is C14H13ClN2O. The van der Waals surface area contributed by atoms with Gasteiger partial charge in [0.2, 0.25) is 0 Å². The number of halogens is 1. The molecule has 0 aliphatic carbocycles. The third-order valence-electron chi connectivity index (χ3n) is 2.67. The number of aromatic amines is 1. The van der Waals surface area contributed by atoms with Crippen LogP contribution in [0.2, 0.25) is 0 Å². The third-order valence-corrected chi connectivity index (χ3v) is 2.67. The number of hydrogen-bond acceptors (Lipinski definition) is 2. The molecule has 0 radical (unpaired) electrons. The SMILES string of the molecule is Cc1ccc(-c2ccc(-c3ncc[nH]3)o2)cc1.Cl. The summed E-state index contributed by atoms with van der Waals surface area (Å²) in [6.45, 7) is 2.07. The molecule has 0 unspecified atom stereocenters. The molecule has 2 heterocycles. The van der Waals surface area contributed by atoms with E-state index in [4.69, 9.17) is 4.42 Å². The van der Waals surface area contributed by atoms with E-state index in [0.29, 0.717) is 0 Å². The lowest BCUT2D eigenvalue weighted by atomic mass is 10.1. The molecule has 0 saturated carbocycles. The van der Waals surface area contributed by atoms with Crippen molar-refractivity contribution in [2.45, 2.75) is 6.92 Å². The normalized spacial score (nSPS) is 10.1. The fraction of sp³-hybridized carbons (Fsp3) is 0.0714. The first-order chi connectivity index (χ1) is 8.33. The topological polar surface area (TPSA) is 41.8 Å². The van der Waals surface area contributed by atoms with Gasteiger partial charge >= 0.3 is 0 Å². The maximum absolute atomic E-state index is 5.76. The first-order valence-electron chi connectivity index (χ1n) is 5.49. The molecule has 0 bridgehead atoms. The summed E-state index contributed by atoms with van der Waals surface area (Å²) in [4.78, 5) is 7.18. The molecule has 0 amide bonds. The molecule has 0 atom stereocenters. The van der Waals surface area contributed by atoms with E-state index in [1.54, 1.807) is 12.4 Å². The minimum Gasteiger partial charge on any atom is -0.453 e. The molecule has 0 spiro atoms. The zero-order valence-electron chi connectivity index (χ0n) is 9.88. The highest BCUT2D eigenvalue weighted by Gasteiger charge is 2.07. The van der Waals surface area contributed by atoms with E-state index in [1.807, 2.05) is 12.1 Å². The first kappa shape index (κ1) is 12.5. The van der Waals surface area contributed by atoms with Crippen LogP contribution in [0.5, 0.6) is 0 Å². The monoisotopic (exact) mass is 260 g/mol. The summed E-state index contributed by atoms with van der Waals surface area (Å²) >= 11 is 0. The van der Waals surface area contributed by atoms with Crippen LogP contribution in [-0.2, 0) is 0 Å². The van der Waals surface area contributed by atoms with Gasteiger partial charge in [-0.3, -0.25) is 0 Å². The fourth-order valence-corrected chi connectivity index (χ4v) is 1.74. The number of nitrogens with one attached hydrogen (secondary N) is 1. The Hall–Kier alpha value is -2.00. The first-order valence-corrected chi connectivity index (χ1v) is 5.49. The second-order valence-electron chi connectivity index (χ2n) is 3.97. The predicted molar refractivity (Wildman–Crippen MR) is 73.7 cm³/mol. The van der Waals surface area contributed by atoms with Gasteiger partial charge in [-0.2, -0.15) is 0 Å². The van der Waals surface area contributed by atoms with E-state index < -0.39 is 0 Å². The lowest BCUT2D eigenvalue weighted by Gasteiger charge is -1.97. The standard InChI is InChI=1S/C14H12N2O.ClH/c1-10-2-4-11(5-3-10)12-6-7-13(17-12)14-15-8-9-16-14;/h2-9H,1H3,(H,15,16);1H. The van der Waals surface area contributed by atoms with Crippen LogP contribution >= 0.6 is 12.4 Å². The van der Waals surface area contributed by atoms with E-state index in [-0.39, 0.29) is 12.4 Å². The molecular weight excluding hydrogens is 248 g/mol. The molecule has 3 aromatic rings. The van der Waals surface area contributed by atoms with Gasteiger partial charge in [-0.15, -0.1) is 12.4 Å². The fourth-order valence-electron chi connectivity index (χ4n) is 1.74. The van der Waals surface area contributed by atoms with Gasteiger partial charge in [0.15, 0.2) is 11.6 Å². The third kappa shape index (κ3) is 2.31. The molecule has 18 heavy (non-hydrogen) atoms. The van der Waals surface area contributed by atoms with E-state index in [2.05, 4.69) is 41.2 Å². The molecule has 3 nitrogen and oxygen atoms in total. The summed E-state index contributed by atoms with van der Waals surface area (Å²) in [6.07, 6.45) is 3.49. The molecule has 0 saturated heterocycles. The number of imidazole rings is 1. The second kappa shape index (κ2) is 5.10. The molecule has 0 fully saturated rings. The highest BCUT2D eigenvalue weighted by Crippen LogP contribution is 2.26. The van der Waals surface area contributed by atoms with E-state index in [0.717, 1.165) is 22.9 Å². The quantitative estimate of drug-likeness (QED) is 0.755. The Labute approximate surface area is 111 Å². The van der Waals surface area contributed by atoms with Crippen molar-refractivity contribution in [2.24, 2.45) is 0 Å². The highest BCUT2D eigenvalue weighted by atomic mass is 35.5. The van der Waals surface area contributed by atoms with Gasteiger partial charge in [0, 0.05) is 18.0 Å². The summed E-state index contributed by atoms with van der Waals surface area (Å²) in [7, 11) is 0. The van der Waals surface area contributed by atoms with E-state index in [9.17, 15) is 0 Å². The van der Waals surface area contributed by atoms with Gasteiger partial charge in [-0.1, -0.05) is 29.8 Å². The average Bonchev–Trinajstić information content (AvgIpc) is 3.00. The lowest BCUT2D eigenvalue weighted by molar-refractivity contribution is 0.593. The summed E-state index contributed by atoms with van der Waals surface area (Å²) < 4.78 is 5.76. The van der Waals surface area contributed by atoms with Gasteiger partial charge in [0.05, 0.1) is 0 Å². The second-order valence-corrected chi connectivity index (χ2v) is 3.97. The van der Waals surface area contributed by atoms with Crippen LogP contribution in [0.25, 0.3) is 22.9 Å². The summed E-state index contributed by atoms with van der Waals surface area (Å²) in [5.74, 6) is 2.37. The number of furan rings is 1. The van der Waals surface area contributed by atoms with Crippen LogP contribution < -0.4 is 0 Å². The highest BCUT2D eigenvalue weighted by molar-refractivity contribution is 5.85. The molecule has 3 rings (SSSR count). The van der Waals surface area contributed by atoms with Crippen molar-refractivity contribution < 1.29 is 4.42 Å². The van der Waals surface area contributed by atoms with Crippen LogP contribution in [0.3, 0.4) is 0 Å². The Balaban J connectivity index is 0.00000120. The number of nitrogens with zero attached hydrogens (tertiary/aromatic N) is 1. The van der Waals surface area contributed by atoms with Crippen molar-refractivity contribution in [2.75, 3.05) is 0 Å². The predicted octanol–water partition coefficient (Wildman–Crippen LogP) is 4.07. The van der Waals surface area contributed by atoms with Crippen molar-refractivity contribution in [3.63, 3.8) is 0 Å². The van der Waals surface area contributed by atoms with Gasteiger partial charge in [-0.25, -0.2) is 4.98 Å². The van der Waals surface area contributed by atoms with Crippen molar-refractivity contribution in [3.05, 3.63) is 54.4 Å². The van der Waals surface area contributed by atoms with Gasteiger partial charge in [0.1, 0.15) is 5.76 Å². The Bertz CT molecular complexity index is 612. The van der Waals surface area contributed by atoms with E-state index in [1.165, 1.54) is 5.56 Å². The Morgan fingerprint density at radius 1 is 1.00 bits per heavy atom. The molecule has 0 aliphatic rings. The average molecular weight is 261 g/mol. The van der Waals surface area contributed by atoms with Crippen molar-refractivity contribution in [3.8, 4) is 22.9 Å². The number of H-pyrrole nitrogens is 1. The maximum atomic E-state index is 5.76. The molecule has 4 heteroatoms. The Morgan fingerprint density at radius 2 is 1.72 bits per heavy atom. The molecule has 2 aromatic heterocycles. The minimum atomic E-state index is 0. The van der Waals surface area contributed by atoms with Crippen molar-refractivity contribution >= 4 is 12.4 Å². The van der Waals surface area contributed by atoms with Crippen LogP contribution in [0.15, 0.2) is 53.2 Å². The summed E-state index contributed by atoms with van der Waals surface area (Å²) in [5.41, 5.74) is 2.32. The van der Waals surface area contributed by atoms with E-state index >= 15 is 0 Å². The van der Waals surface area contributed by atoms with Crippen LogP contribution in [0, 0.1) is 6.92 Å². The number of aryl methyl sites for hydroxylation is 1. The number of hydrogen-bond donors (Lipinski definition) is 1. The minimum absolute atomic E-state index is 0. The number of benzene rings is 1. The Kier molecular flexibility index (Phi) is 3.53. The lowest BCUT2D eigenvalue weighted by Crippen LogP contribution is -1.76. The van der Waals surface area contributed by atoms with Crippen molar-refractivity contribution in [1.29, 1.82) is 0 Å². The molecule has 92 valence electrons. The van der Waals surface area contributed by atoms with Gasteiger partial charge in [0.25, 0.3) is 0 Å². The smallest absolute Gasteiger partial charge is 0.173 e. The largest absolute Gasteiger partial charge is 0.453 e. The maximum Gasteiger partial charge on any atom is 0.173 e. The Morgan fingerprint density at radius 3 is 2.39 bits per heavy atom. The van der Waals surface area contributed by atoms with Crippen LogP contribution in [0.1, 0.15) is 5.56 Å². The summed E-state index contributed by atoms with van der Waals surface area (Å²) in [5, 5.41) is 0. The van der Waals surface area contributed by atoms with Crippen LogP contribution in [-0.4, -0.2) is 9.97 Å². The zero-order chi connectivity index (χ0) is 11.7. The number of rotatable bonds is 2. The van der Waals surface area contributed by atoms with Crippen LogP contribution in [0.4, 0.5) is 0 Å².